The molecule has 1 aromatic rings. The lowest BCUT2D eigenvalue weighted by Gasteiger charge is -2.28. The molecule has 0 spiro atoms. The highest BCUT2D eigenvalue weighted by atomic mass is 16.5. The van der Waals surface area contributed by atoms with Crippen molar-refractivity contribution < 1.29 is 9.53 Å². The Bertz CT molecular complexity index is 369. The van der Waals surface area contributed by atoms with Crippen LogP contribution < -0.4 is 5.32 Å². The molecule has 1 aliphatic carbocycles. The van der Waals surface area contributed by atoms with Crippen LogP contribution in [-0.4, -0.2) is 29.1 Å². The summed E-state index contributed by atoms with van der Waals surface area (Å²) in [7, 11) is 1.45. The normalized spacial score (nSPS) is 24.1. The van der Waals surface area contributed by atoms with Crippen molar-refractivity contribution in [3.05, 3.63) is 18.6 Å². The van der Waals surface area contributed by atoms with E-state index in [0.29, 0.717) is 0 Å². The fraction of sp³-hybridized carbons (Fsp3) is 0.583. The molecule has 2 rings (SSSR count). The Hall–Kier alpha value is -1.65. The highest BCUT2D eigenvalue weighted by molar-refractivity contribution is 5.72. The number of nitrogens with zero attached hydrogens (tertiary/aromatic N) is 2. The largest absolute Gasteiger partial charge is 0.469 e. The number of ether oxygens (including phenoxy) is 1. The zero-order chi connectivity index (χ0) is 12.1. The van der Waals surface area contributed by atoms with Gasteiger partial charge in [-0.2, -0.15) is 0 Å². The Morgan fingerprint density at radius 2 is 2.35 bits per heavy atom. The van der Waals surface area contributed by atoms with Gasteiger partial charge in [-0.25, -0.2) is 4.98 Å². The molecule has 2 atom stereocenters. The average Bonchev–Trinajstić information content (AvgIpc) is 2.39. The van der Waals surface area contributed by atoms with E-state index in [-0.39, 0.29) is 17.9 Å². The quantitative estimate of drug-likeness (QED) is 0.806. The summed E-state index contributed by atoms with van der Waals surface area (Å²) in [6.45, 7) is 0. The van der Waals surface area contributed by atoms with Crippen LogP contribution >= 0.6 is 0 Å². The molecule has 1 N–H and O–H groups in total. The van der Waals surface area contributed by atoms with Crippen LogP contribution in [0.25, 0.3) is 0 Å². The molecule has 1 aliphatic rings. The van der Waals surface area contributed by atoms with Crippen LogP contribution in [0.4, 0.5) is 5.82 Å². The molecule has 5 nitrogen and oxygen atoms in total. The third kappa shape index (κ3) is 3.15. The van der Waals surface area contributed by atoms with E-state index >= 15 is 0 Å². The molecule has 0 aliphatic heterocycles. The molecule has 0 bridgehead atoms. The minimum atomic E-state index is -0.101. The van der Waals surface area contributed by atoms with E-state index in [4.69, 9.17) is 4.74 Å². The Morgan fingerprint density at radius 1 is 1.47 bits per heavy atom. The third-order valence-electron chi connectivity index (χ3n) is 3.12. The predicted octanol–water partition coefficient (Wildman–Crippen LogP) is 1.62. The van der Waals surface area contributed by atoms with Crippen molar-refractivity contribution in [1.29, 1.82) is 0 Å². The smallest absolute Gasteiger partial charge is 0.308 e. The van der Waals surface area contributed by atoms with Crippen molar-refractivity contribution >= 4 is 11.8 Å². The lowest BCUT2D eigenvalue weighted by Crippen LogP contribution is -2.31. The molecule has 1 heterocycles. The van der Waals surface area contributed by atoms with Gasteiger partial charge in [0.2, 0.25) is 0 Å². The lowest BCUT2D eigenvalue weighted by molar-refractivity contribution is -0.146. The van der Waals surface area contributed by atoms with E-state index in [0.717, 1.165) is 31.5 Å². The molecule has 92 valence electrons. The maximum atomic E-state index is 11.5. The Labute approximate surface area is 101 Å². The number of anilines is 1. The average molecular weight is 235 g/mol. The van der Waals surface area contributed by atoms with E-state index in [1.54, 1.807) is 18.6 Å². The molecule has 0 amide bonds. The van der Waals surface area contributed by atoms with Crippen LogP contribution in [-0.2, 0) is 9.53 Å². The van der Waals surface area contributed by atoms with Gasteiger partial charge < -0.3 is 10.1 Å². The van der Waals surface area contributed by atoms with Crippen LogP contribution in [0.1, 0.15) is 25.7 Å². The third-order valence-corrected chi connectivity index (χ3v) is 3.12. The van der Waals surface area contributed by atoms with E-state index in [1.165, 1.54) is 7.11 Å². The second kappa shape index (κ2) is 5.61. The zero-order valence-electron chi connectivity index (χ0n) is 9.93. The van der Waals surface area contributed by atoms with Crippen LogP contribution in [0, 0.1) is 5.92 Å². The standard InChI is InChI=1S/C12H17N3O2/c1-17-12(16)9-3-2-4-10(7-9)15-11-8-13-5-6-14-11/h5-6,8-10H,2-4,7H2,1H3,(H,14,15). The summed E-state index contributed by atoms with van der Waals surface area (Å²) in [5.74, 6) is 0.682. The first kappa shape index (κ1) is 11.8. The van der Waals surface area contributed by atoms with Gasteiger partial charge in [0.1, 0.15) is 5.82 Å². The van der Waals surface area contributed by atoms with Gasteiger partial charge in [-0.15, -0.1) is 0 Å². The van der Waals surface area contributed by atoms with Gasteiger partial charge in [0.05, 0.1) is 19.2 Å². The summed E-state index contributed by atoms with van der Waals surface area (Å²) in [4.78, 5) is 19.7. The molecule has 1 aromatic heterocycles. The van der Waals surface area contributed by atoms with Gasteiger partial charge in [0.15, 0.2) is 0 Å². The van der Waals surface area contributed by atoms with E-state index in [9.17, 15) is 4.79 Å². The summed E-state index contributed by atoms with van der Waals surface area (Å²) in [5, 5.41) is 3.31. The number of carbonyl (C=O) groups excluding carboxylic acids is 1. The van der Waals surface area contributed by atoms with Gasteiger partial charge in [-0.1, -0.05) is 6.42 Å². The first-order chi connectivity index (χ1) is 8.29. The fourth-order valence-corrected chi connectivity index (χ4v) is 2.28. The number of aromatic nitrogens is 2. The summed E-state index contributed by atoms with van der Waals surface area (Å²) >= 11 is 0. The second-order valence-electron chi connectivity index (χ2n) is 4.32. The summed E-state index contributed by atoms with van der Waals surface area (Å²) < 4.78 is 4.79. The highest BCUT2D eigenvalue weighted by Crippen LogP contribution is 2.26. The maximum Gasteiger partial charge on any atom is 0.308 e. The van der Waals surface area contributed by atoms with Crippen molar-refractivity contribution in [2.45, 2.75) is 31.7 Å². The molecule has 2 unspecified atom stereocenters. The van der Waals surface area contributed by atoms with Gasteiger partial charge in [0.25, 0.3) is 0 Å². The van der Waals surface area contributed by atoms with Crippen molar-refractivity contribution in [2.75, 3.05) is 12.4 Å². The SMILES string of the molecule is COC(=O)C1CCCC(Nc2cnccn2)C1. The monoisotopic (exact) mass is 235 g/mol. The van der Waals surface area contributed by atoms with Gasteiger partial charge in [0, 0.05) is 18.4 Å². The minimum Gasteiger partial charge on any atom is -0.469 e. The van der Waals surface area contributed by atoms with Crippen molar-refractivity contribution in [3.8, 4) is 0 Å². The van der Waals surface area contributed by atoms with Crippen LogP contribution in [0.15, 0.2) is 18.6 Å². The zero-order valence-corrected chi connectivity index (χ0v) is 9.93. The summed E-state index contributed by atoms with van der Waals surface area (Å²) in [6, 6.07) is 0.282. The summed E-state index contributed by atoms with van der Waals surface area (Å²) in [6.07, 6.45) is 8.82. The minimum absolute atomic E-state index is 0.0166. The first-order valence-electron chi connectivity index (χ1n) is 5.90. The summed E-state index contributed by atoms with van der Waals surface area (Å²) in [5.41, 5.74) is 0. The maximum absolute atomic E-state index is 11.5. The van der Waals surface area contributed by atoms with Crippen molar-refractivity contribution in [3.63, 3.8) is 0 Å². The number of nitrogens with one attached hydrogen (secondary N) is 1. The Balaban J connectivity index is 1.92. The Kier molecular flexibility index (Phi) is 3.90. The molecular weight excluding hydrogens is 218 g/mol. The molecule has 5 heteroatoms. The Morgan fingerprint density at radius 3 is 3.06 bits per heavy atom. The number of hydrogen-bond acceptors (Lipinski definition) is 5. The van der Waals surface area contributed by atoms with Gasteiger partial charge in [-0.05, 0) is 19.3 Å². The number of hydrogen-bond donors (Lipinski definition) is 1. The molecule has 0 saturated heterocycles. The van der Waals surface area contributed by atoms with Crippen LogP contribution in [0.5, 0.6) is 0 Å². The molecule has 0 radical (unpaired) electrons. The topological polar surface area (TPSA) is 64.1 Å². The molecule has 0 aromatic carbocycles. The first-order valence-corrected chi connectivity index (χ1v) is 5.90. The van der Waals surface area contributed by atoms with Crippen molar-refractivity contribution in [2.24, 2.45) is 5.92 Å². The highest BCUT2D eigenvalue weighted by Gasteiger charge is 2.27. The van der Waals surface area contributed by atoms with E-state index < -0.39 is 0 Å². The number of methoxy groups -OCH3 is 1. The van der Waals surface area contributed by atoms with E-state index in [1.807, 2.05) is 0 Å². The van der Waals surface area contributed by atoms with Crippen LogP contribution in [0.3, 0.4) is 0 Å². The van der Waals surface area contributed by atoms with Gasteiger partial charge in [-0.3, -0.25) is 9.78 Å². The second-order valence-corrected chi connectivity index (χ2v) is 4.32. The molecule has 1 saturated carbocycles. The lowest BCUT2D eigenvalue weighted by atomic mass is 9.86. The number of esters is 1. The number of rotatable bonds is 3. The van der Waals surface area contributed by atoms with E-state index in [2.05, 4.69) is 15.3 Å². The van der Waals surface area contributed by atoms with Gasteiger partial charge >= 0.3 is 5.97 Å². The van der Waals surface area contributed by atoms with Crippen LogP contribution in [0.2, 0.25) is 0 Å². The fourth-order valence-electron chi connectivity index (χ4n) is 2.28. The molecule has 1 fully saturated rings. The number of carbonyl (C=O) groups is 1. The predicted molar refractivity (Wildman–Crippen MR) is 63.4 cm³/mol. The molecule has 17 heavy (non-hydrogen) atoms. The van der Waals surface area contributed by atoms with Crippen molar-refractivity contribution in [1.82, 2.24) is 9.97 Å². The molecular formula is C12H17N3O2.